The van der Waals surface area contributed by atoms with Crippen LogP contribution in [0.25, 0.3) is 0 Å². The number of hydrogen-bond acceptors (Lipinski definition) is 3. The van der Waals surface area contributed by atoms with Gasteiger partial charge >= 0.3 is 0 Å². The molecule has 4 heteroatoms. The van der Waals surface area contributed by atoms with E-state index in [2.05, 4.69) is 22.1 Å². The molecule has 0 atom stereocenters. The van der Waals surface area contributed by atoms with E-state index in [0.29, 0.717) is 19.5 Å². The molecule has 0 amide bonds. The van der Waals surface area contributed by atoms with Gasteiger partial charge in [0.25, 0.3) is 0 Å². The van der Waals surface area contributed by atoms with Crippen LogP contribution in [0.3, 0.4) is 0 Å². The largest absolute Gasteiger partial charge is 0.370 e. The smallest absolute Gasteiger partial charge is 0.0985 e. The quantitative estimate of drug-likeness (QED) is 0.426. The molecule has 0 heterocycles. The van der Waals surface area contributed by atoms with Gasteiger partial charge in [-0.2, -0.15) is 0 Å². The fourth-order valence-electron chi connectivity index (χ4n) is 0.914. The van der Waals surface area contributed by atoms with Crippen molar-refractivity contribution in [1.82, 2.24) is 4.90 Å². The predicted molar refractivity (Wildman–Crippen MR) is 47.5 cm³/mol. The number of hydrogen-bond donors (Lipinski definition) is 1. The SMILES string of the molecule is CCCN(CCN)COC[Si]. The lowest BCUT2D eigenvalue weighted by Gasteiger charge is -2.19. The molecule has 11 heavy (non-hydrogen) atoms. The van der Waals surface area contributed by atoms with Crippen LogP contribution in [-0.2, 0) is 4.74 Å². The zero-order valence-corrected chi connectivity index (χ0v) is 8.18. The molecule has 0 saturated carbocycles. The molecular weight excluding hydrogens is 156 g/mol. The van der Waals surface area contributed by atoms with Crippen molar-refractivity contribution in [2.24, 2.45) is 5.73 Å². The average molecular weight is 173 g/mol. The number of rotatable bonds is 7. The maximum Gasteiger partial charge on any atom is 0.0985 e. The molecule has 0 unspecified atom stereocenters. The summed E-state index contributed by atoms with van der Waals surface area (Å²) in [6, 6.07) is 0. The zero-order chi connectivity index (χ0) is 8.53. The molecule has 0 rings (SSSR count). The highest BCUT2D eigenvalue weighted by Crippen LogP contribution is 1.89. The molecule has 65 valence electrons. The summed E-state index contributed by atoms with van der Waals surface area (Å²) in [4.78, 5) is 2.19. The minimum absolute atomic E-state index is 0.588. The standard InChI is InChI=1S/C7H17N2OSi/c1-2-4-9(5-3-8)6-10-7-11/h2-8H2,1H3. The van der Waals surface area contributed by atoms with Crippen LogP contribution in [0.2, 0.25) is 0 Å². The summed E-state index contributed by atoms with van der Waals surface area (Å²) in [5.74, 6) is 0. The van der Waals surface area contributed by atoms with Crippen LogP contribution in [0, 0.1) is 0 Å². The van der Waals surface area contributed by atoms with E-state index in [-0.39, 0.29) is 0 Å². The first-order valence-electron chi connectivity index (χ1n) is 3.99. The maximum absolute atomic E-state index is 5.42. The molecule has 2 N–H and O–H groups in total. The third-order valence-corrected chi connectivity index (χ3v) is 1.57. The molecular formula is C7H17N2OSi. The van der Waals surface area contributed by atoms with Crippen molar-refractivity contribution in [3.8, 4) is 0 Å². The molecule has 0 spiro atoms. The Morgan fingerprint density at radius 1 is 1.45 bits per heavy atom. The van der Waals surface area contributed by atoms with E-state index in [9.17, 15) is 0 Å². The Balaban J connectivity index is 3.34. The molecule has 0 saturated heterocycles. The van der Waals surface area contributed by atoms with Gasteiger partial charge in [0.2, 0.25) is 0 Å². The summed E-state index contributed by atoms with van der Waals surface area (Å²) in [5.41, 5.74) is 5.42. The minimum Gasteiger partial charge on any atom is -0.370 e. The molecule has 0 aromatic rings. The number of nitrogens with two attached hydrogens (primary N) is 1. The van der Waals surface area contributed by atoms with Gasteiger partial charge in [0.1, 0.15) is 0 Å². The summed E-state index contributed by atoms with van der Waals surface area (Å²) in [5, 5.41) is 0. The van der Waals surface area contributed by atoms with E-state index in [4.69, 9.17) is 10.5 Å². The van der Waals surface area contributed by atoms with E-state index in [1.807, 2.05) is 0 Å². The Hall–Kier alpha value is 0.0969. The van der Waals surface area contributed by atoms with Gasteiger partial charge in [0.05, 0.1) is 17.0 Å². The highest BCUT2D eigenvalue weighted by atomic mass is 28.1. The Morgan fingerprint density at radius 3 is 2.64 bits per heavy atom. The topological polar surface area (TPSA) is 38.5 Å². The lowest BCUT2D eigenvalue weighted by atomic mass is 10.4. The van der Waals surface area contributed by atoms with Crippen LogP contribution >= 0.6 is 0 Å². The third kappa shape index (κ3) is 6.49. The van der Waals surface area contributed by atoms with Gasteiger partial charge in [0, 0.05) is 25.9 Å². The Labute approximate surface area is 72.3 Å². The van der Waals surface area contributed by atoms with Crippen molar-refractivity contribution in [3.05, 3.63) is 0 Å². The third-order valence-electron chi connectivity index (χ3n) is 1.36. The van der Waals surface area contributed by atoms with Gasteiger partial charge in [-0.15, -0.1) is 0 Å². The van der Waals surface area contributed by atoms with E-state index in [1.165, 1.54) is 0 Å². The van der Waals surface area contributed by atoms with Crippen molar-refractivity contribution in [2.45, 2.75) is 13.3 Å². The van der Waals surface area contributed by atoms with Crippen LogP contribution in [0.5, 0.6) is 0 Å². The number of nitrogens with zero attached hydrogens (tertiary/aromatic N) is 1. The summed E-state index contributed by atoms with van der Waals surface area (Å²) in [6.07, 6.45) is 1.73. The summed E-state index contributed by atoms with van der Waals surface area (Å²) >= 11 is 0. The van der Waals surface area contributed by atoms with Gasteiger partial charge in [-0.1, -0.05) is 6.92 Å². The molecule has 3 nitrogen and oxygen atoms in total. The minimum atomic E-state index is 0.588. The average Bonchev–Trinajstić information content (AvgIpc) is 2.01. The van der Waals surface area contributed by atoms with E-state index < -0.39 is 0 Å². The van der Waals surface area contributed by atoms with Crippen molar-refractivity contribution < 1.29 is 4.74 Å². The van der Waals surface area contributed by atoms with Crippen molar-refractivity contribution in [3.63, 3.8) is 0 Å². The van der Waals surface area contributed by atoms with Crippen LogP contribution in [-0.4, -0.2) is 47.7 Å². The normalized spacial score (nSPS) is 10.9. The summed E-state index contributed by atoms with van der Waals surface area (Å²) in [7, 11) is 3.24. The zero-order valence-electron chi connectivity index (χ0n) is 7.18. The Bertz CT molecular complexity index is 76.8. The van der Waals surface area contributed by atoms with Crippen LogP contribution in [0.4, 0.5) is 0 Å². The van der Waals surface area contributed by atoms with E-state index in [1.54, 1.807) is 0 Å². The summed E-state index contributed by atoms with van der Waals surface area (Å²) in [6.45, 7) is 5.50. The lowest BCUT2D eigenvalue weighted by molar-refractivity contribution is 0.0545. The van der Waals surface area contributed by atoms with Crippen molar-refractivity contribution in [2.75, 3.05) is 32.6 Å². The molecule has 0 aliphatic rings. The van der Waals surface area contributed by atoms with Crippen LogP contribution < -0.4 is 5.73 Å². The molecule has 0 aliphatic heterocycles. The first-order valence-corrected chi connectivity index (χ1v) is 4.70. The van der Waals surface area contributed by atoms with Gasteiger partial charge in [0.15, 0.2) is 0 Å². The fourth-order valence-corrected chi connectivity index (χ4v) is 1.01. The monoisotopic (exact) mass is 173 g/mol. The molecule has 0 aromatic heterocycles. The molecule has 0 aliphatic carbocycles. The second-order valence-corrected chi connectivity index (χ2v) is 2.67. The van der Waals surface area contributed by atoms with E-state index in [0.717, 1.165) is 19.5 Å². The van der Waals surface area contributed by atoms with Crippen LogP contribution in [0.15, 0.2) is 0 Å². The molecule has 3 radical (unpaired) electrons. The molecule has 0 bridgehead atoms. The second-order valence-electron chi connectivity index (χ2n) is 2.38. The Morgan fingerprint density at radius 2 is 2.18 bits per heavy atom. The highest BCUT2D eigenvalue weighted by molar-refractivity contribution is 6.08. The predicted octanol–water partition coefficient (Wildman–Crippen LogP) is -0.243. The van der Waals surface area contributed by atoms with Crippen molar-refractivity contribution in [1.29, 1.82) is 0 Å². The van der Waals surface area contributed by atoms with Gasteiger partial charge in [-0.05, 0) is 6.42 Å². The lowest BCUT2D eigenvalue weighted by Crippen LogP contribution is -2.32. The second kappa shape index (κ2) is 8.20. The molecule has 0 fully saturated rings. The van der Waals surface area contributed by atoms with E-state index >= 15 is 0 Å². The fraction of sp³-hybridized carbons (Fsp3) is 1.00. The highest BCUT2D eigenvalue weighted by Gasteiger charge is 2.00. The number of ether oxygens (including phenoxy) is 1. The van der Waals surface area contributed by atoms with Gasteiger partial charge in [-0.3, -0.25) is 4.90 Å². The molecule has 0 aromatic carbocycles. The first-order chi connectivity index (χ1) is 5.35. The van der Waals surface area contributed by atoms with Crippen molar-refractivity contribution >= 4 is 10.2 Å². The van der Waals surface area contributed by atoms with Gasteiger partial charge in [-0.25, -0.2) is 0 Å². The van der Waals surface area contributed by atoms with Gasteiger partial charge < -0.3 is 10.5 Å². The maximum atomic E-state index is 5.42. The Kier molecular flexibility index (Phi) is 8.27. The first kappa shape index (κ1) is 11.1. The van der Waals surface area contributed by atoms with Crippen LogP contribution in [0.1, 0.15) is 13.3 Å². The summed E-state index contributed by atoms with van der Waals surface area (Å²) < 4.78 is 5.18.